The number of aliphatic hydroxyl groups excluding tert-OH is 1. The quantitative estimate of drug-likeness (QED) is 0.714. The Morgan fingerprint density at radius 2 is 2.06 bits per heavy atom. The molecule has 0 aromatic carbocycles. The average Bonchev–Trinajstić information content (AvgIpc) is 2.43. The van der Waals surface area contributed by atoms with Crippen molar-refractivity contribution in [1.82, 2.24) is 0 Å². The van der Waals surface area contributed by atoms with E-state index in [4.69, 9.17) is 0 Å². The van der Waals surface area contributed by atoms with Crippen LogP contribution in [0.5, 0.6) is 0 Å². The van der Waals surface area contributed by atoms with E-state index in [1.54, 1.807) is 5.57 Å². The fraction of sp³-hybridized carbons (Fsp3) is 0.750. The smallest absolute Gasteiger partial charge is 0.0726 e. The summed E-state index contributed by atoms with van der Waals surface area (Å²) >= 11 is 0. The van der Waals surface area contributed by atoms with Crippen molar-refractivity contribution in [2.24, 2.45) is 17.3 Å². The fourth-order valence-corrected chi connectivity index (χ4v) is 3.52. The highest BCUT2D eigenvalue weighted by Crippen LogP contribution is 2.47. The highest BCUT2D eigenvalue weighted by molar-refractivity contribution is 5.18. The van der Waals surface area contributed by atoms with Crippen LogP contribution in [-0.2, 0) is 0 Å². The molecule has 0 aromatic rings. The van der Waals surface area contributed by atoms with Crippen molar-refractivity contribution in [1.29, 1.82) is 0 Å². The minimum absolute atomic E-state index is 0.202. The maximum Gasteiger partial charge on any atom is 0.0726 e. The zero-order valence-corrected chi connectivity index (χ0v) is 11.7. The van der Waals surface area contributed by atoms with Crippen LogP contribution in [-0.4, -0.2) is 11.2 Å². The Balaban J connectivity index is 1.97. The molecule has 0 bridgehead atoms. The number of hydrogen-bond acceptors (Lipinski definition) is 1. The van der Waals surface area contributed by atoms with Crippen molar-refractivity contribution in [2.45, 2.75) is 59.5 Å². The van der Waals surface area contributed by atoms with Gasteiger partial charge in [-0.2, -0.15) is 0 Å². The monoisotopic (exact) mass is 234 g/mol. The SMILES string of the molecule is CC1=C[C@H](O)C[C@H](C[C@@H]2CC=C(C)C2(C)C)C1. The second kappa shape index (κ2) is 4.61. The van der Waals surface area contributed by atoms with E-state index in [0.29, 0.717) is 11.3 Å². The first-order chi connectivity index (χ1) is 7.89. The largest absolute Gasteiger partial charge is 0.389 e. The van der Waals surface area contributed by atoms with Crippen molar-refractivity contribution in [3.63, 3.8) is 0 Å². The van der Waals surface area contributed by atoms with Gasteiger partial charge in [-0.25, -0.2) is 0 Å². The lowest BCUT2D eigenvalue weighted by molar-refractivity contribution is 0.148. The summed E-state index contributed by atoms with van der Waals surface area (Å²) in [6.45, 7) is 9.16. The third kappa shape index (κ3) is 2.65. The van der Waals surface area contributed by atoms with Crippen LogP contribution in [0, 0.1) is 17.3 Å². The summed E-state index contributed by atoms with van der Waals surface area (Å²) in [7, 11) is 0. The molecule has 2 aliphatic rings. The van der Waals surface area contributed by atoms with Gasteiger partial charge in [0.1, 0.15) is 0 Å². The Hall–Kier alpha value is -0.560. The number of hydrogen-bond donors (Lipinski definition) is 1. The molecular formula is C16H26O. The van der Waals surface area contributed by atoms with Gasteiger partial charge >= 0.3 is 0 Å². The summed E-state index contributed by atoms with van der Waals surface area (Å²) < 4.78 is 0. The highest BCUT2D eigenvalue weighted by atomic mass is 16.3. The van der Waals surface area contributed by atoms with Gasteiger partial charge in [0.2, 0.25) is 0 Å². The zero-order valence-electron chi connectivity index (χ0n) is 11.7. The van der Waals surface area contributed by atoms with Crippen LogP contribution < -0.4 is 0 Å². The van der Waals surface area contributed by atoms with Crippen LogP contribution in [0.4, 0.5) is 0 Å². The van der Waals surface area contributed by atoms with E-state index in [1.807, 2.05) is 6.08 Å². The summed E-state index contributed by atoms with van der Waals surface area (Å²) in [5, 5.41) is 9.82. The van der Waals surface area contributed by atoms with Crippen molar-refractivity contribution >= 4 is 0 Å². The van der Waals surface area contributed by atoms with Gasteiger partial charge in [-0.1, -0.05) is 37.1 Å². The third-order valence-electron chi connectivity index (χ3n) is 5.03. The van der Waals surface area contributed by atoms with E-state index >= 15 is 0 Å². The lowest BCUT2D eigenvalue weighted by Crippen LogP contribution is -2.26. The third-order valence-corrected chi connectivity index (χ3v) is 5.03. The van der Waals surface area contributed by atoms with Crippen LogP contribution in [0.25, 0.3) is 0 Å². The molecule has 1 N–H and O–H groups in total. The lowest BCUT2D eigenvalue weighted by atomic mass is 9.71. The van der Waals surface area contributed by atoms with Gasteiger partial charge in [0, 0.05) is 0 Å². The molecule has 0 saturated heterocycles. The fourth-order valence-electron chi connectivity index (χ4n) is 3.52. The molecule has 0 spiro atoms. The maximum absolute atomic E-state index is 9.82. The molecule has 2 aliphatic carbocycles. The Morgan fingerprint density at radius 3 is 2.59 bits per heavy atom. The molecule has 0 heterocycles. The summed E-state index contributed by atoms with van der Waals surface area (Å²) in [5.74, 6) is 1.45. The topological polar surface area (TPSA) is 20.2 Å². The first kappa shape index (κ1) is 12.9. The van der Waals surface area contributed by atoms with Crippen LogP contribution in [0.3, 0.4) is 0 Å². The van der Waals surface area contributed by atoms with Crippen molar-refractivity contribution in [2.75, 3.05) is 0 Å². The Labute approximate surface area is 106 Å². The second-order valence-electron chi connectivity index (χ2n) is 6.66. The molecule has 0 amide bonds. The van der Waals surface area contributed by atoms with E-state index in [2.05, 4.69) is 33.8 Å². The Morgan fingerprint density at radius 1 is 1.35 bits per heavy atom. The van der Waals surface area contributed by atoms with Crippen LogP contribution in [0.1, 0.15) is 53.4 Å². The summed E-state index contributed by atoms with van der Waals surface area (Å²) in [4.78, 5) is 0. The van der Waals surface area contributed by atoms with E-state index in [0.717, 1.165) is 12.3 Å². The predicted molar refractivity (Wildman–Crippen MR) is 72.7 cm³/mol. The Bertz CT molecular complexity index is 349. The van der Waals surface area contributed by atoms with E-state index < -0.39 is 0 Å². The number of allylic oxidation sites excluding steroid dienone is 3. The first-order valence-electron chi connectivity index (χ1n) is 6.92. The maximum atomic E-state index is 9.82. The first-order valence-corrected chi connectivity index (χ1v) is 6.92. The van der Waals surface area contributed by atoms with E-state index in [1.165, 1.54) is 24.8 Å². The summed E-state index contributed by atoms with van der Waals surface area (Å²) in [5.41, 5.74) is 3.28. The standard InChI is InChI=1S/C16H26O/c1-11-7-13(10-15(17)8-11)9-14-6-5-12(2)16(14,3)4/h5,8,13-15,17H,6-7,9-10H2,1-4H3/t13-,14-,15-/m0/s1. The molecule has 0 radical (unpaired) electrons. The lowest BCUT2D eigenvalue weighted by Gasteiger charge is -2.34. The second-order valence-corrected chi connectivity index (χ2v) is 6.66. The van der Waals surface area contributed by atoms with Gasteiger partial charge in [0.05, 0.1) is 6.10 Å². The molecule has 96 valence electrons. The van der Waals surface area contributed by atoms with E-state index in [9.17, 15) is 5.11 Å². The minimum Gasteiger partial charge on any atom is -0.389 e. The van der Waals surface area contributed by atoms with Crippen LogP contribution in [0.15, 0.2) is 23.3 Å². The molecule has 1 nitrogen and oxygen atoms in total. The predicted octanol–water partition coefficient (Wildman–Crippen LogP) is 4.09. The molecule has 0 saturated carbocycles. The molecule has 3 atom stereocenters. The molecule has 2 rings (SSSR count). The number of aliphatic hydroxyl groups is 1. The Kier molecular flexibility index (Phi) is 3.49. The van der Waals surface area contributed by atoms with Crippen LogP contribution >= 0.6 is 0 Å². The molecule has 17 heavy (non-hydrogen) atoms. The van der Waals surface area contributed by atoms with Crippen molar-refractivity contribution in [3.05, 3.63) is 23.3 Å². The highest BCUT2D eigenvalue weighted by Gasteiger charge is 2.36. The molecule has 0 fully saturated rings. The molecular weight excluding hydrogens is 208 g/mol. The van der Waals surface area contributed by atoms with Crippen molar-refractivity contribution in [3.8, 4) is 0 Å². The molecule has 0 aromatic heterocycles. The average molecular weight is 234 g/mol. The van der Waals surface area contributed by atoms with Crippen molar-refractivity contribution < 1.29 is 5.11 Å². The van der Waals surface area contributed by atoms with Crippen LogP contribution in [0.2, 0.25) is 0 Å². The minimum atomic E-state index is -0.202. The van der Waals surface area contributed by atoms with Gasteiger partial charge < -0.3 is 5.11 Å². The van der Waals surface area contributed by atoms with Gasteiger partial charge in [0.25, 0.3) is 0 Å². The van der Waals surface area contributed by atoms with Gasteiger partial charge in [-0.3, -0.25) is 0 Å². The van der Waals surface area contributed by atoms with Gasteiger partial charge in [-0.15, -0.1) is 0 Å². The molecule has 0 aliphatic heterocycles. The normalized spacial score (nSPS) is 36.6. The number of rotatable bonds is 2. The summed E-state index contributed by atoms with van der Waals surface area (Å²) in [6, 6.07) is 0. The summed E-state index contributed by atoms with van der Waals surface area (Å²) in [6.07, 6.45) is 8.88. The van der Waals surface area contributed by atoms with Gasteiger partial charge in [0.15, 0.2) is 0 Å². The molecule has 0 unspecified atom stereocenters. The zero-order chi connectivity index (χ0) is 12.6. The van der Waals surface area contributed by atoms with Gasteiger partial charge in [-0.05, 0) is 56.8 Å². The molecule has 1 heteroatoms. The van der Waals surface area contributed by atoms with E-state index in [-0.39, 0.29) is 6.10 Å².